The van der Waals surface area contributed by atoms with Gasteiger partial charge in [-0.1, -0.05) is 19.3 Å². The monoisotopic (exact) mass is 261 g/mol. The van der Waals surface area contributed by atoms with E-state index < -0.39 is 0 Å². The lowest BCUT2D eigenvalue weighted by atomic mass is 9.83. The number of hydrogen-bond donors (Lipinski definition) is 1. The number of nitrogens with two attached hydrogens (primary N) is 1. The Kier molecular flexibility index (Phi) is 3.21. The molecule has 2 aromatic heterocycles. The van der Waals surface area contributed by atoms with Crippen LogP contribution in [0.25, 0.3) is 5.95 Å². The maximum absolute atomic E-state index is 5.63. The van der Waals surface area contributed by atoms with Gasteiger partial charge in [0, 0.05) is 0 Å². The molecule has 1 aliphatic rings. The summed E-state index contributed by atoms with van der Waals surface area (Å²) in [6.45, 7) is 0.602. The van der Waals surface area contributed by atoms with Gasteiger partial charge in [0.25, 0.3) is 5.95 Å². The van der Waals surface area contributed by atoms with Gasteiger partial charge in [0.05, 0.1) is 6.61 Å². The fraction of sp³-hybridized carbons (Fsp3) is 0.545. The lowest BCUT2D eigenvalue weighted by Gasteiger charge is -2.24. The van der Waals surface area contributed by atoms with Gasteiger partial charge in [0.15, 0.2) is 0 Å². The van der Waals surface area contributed by atoms with Crippen molar-refractivity contribution < 1.29 is 4.74 Å². The molecular formula is C11H15N7O. The Morgan fingerprint density at radius 3 is 2.89 bits per heavy atom. The third kappa shape index (κ3) is 2.78. The van der Waals surface area contributed by atoms with E-state index in [1.807, 2.05) is 0 Å². The van der Waals surface area contributed by atoms with Crippen molar-refractivity contribution in [2.75, 3.05) is 12.3 Å². The number of hydrogen-bond acceptors (Lipinski definition) is 7. The van der Waals surface area contributed by atoms with E-state index in [4.69, 9.17) is 10.5 Å². The summed E-state index contributed by atoms with van der Waals surface area (Å²) in [5, 5.41) is 3.94. The molecule has 0 bridgehead atoms. The standard InChI is InChI=1S/C11H15N7O/c12-9-15-10(18-7-13-6-14-18)17-11(16-9)19-5-4-8-2-1-3-8/h6-8H,1-5H2,(H2,12,15,16,17). The maximum Gasteiger partial charge on any atom is 0.323 e. The van der Waals surface area contributed by atoms with E-state index >= 15 is 0 Å². The highest BCUT2D eigenvalue weighted by Crippen LogP contribution is 2.29. The van der Waals surface area contributed by atoms with Crippen molar-refractivity contribution in [2.24, 2.45) is 5.92 Å². The van der Waals surface area contributed by atoms with Gasteiger partial charge in [0.1, 0.15) is 12.7 Å². The number of nitrogen functional groups attached to an aromatic ring is 1. The van der Waals surface area contributed by atoms with Crippen LogP contribution in [0.4, 0.5) is 5.95 Å². The molecule has 3 rings (SSSR count). The Morgan fingerprint density at radius 2 is 2.21 bits per heavy atom. The molecular weight excluding hydrogens is 246 g/mol. The molecule has 0 saturated heterocycles. The van der Waals surface area contributed by atoms with E-state index in [1.165, 1.54) is 36.6 Å². The molecule has 100 valence electrons. The highest BCUT2D eigenvalue weighted by molar-refractivity contribution is 5.23. The van der Waals surface area contributed by atoms with Gasteiger partial charge in [-0.05, 0) is 12.3 Å². The molecule has 0 radical (unpaired) electrons. The lowest BCUT2D eigenvalue weighted by molar-refractivity contribution is 0.211. The minimum atomic E-state index is 0.110. The van der Waals surface area contributed by atoms with Crippen molar-refractivity contribution in [3.63, 3.8) is 0 Å². The molecule has 1 saturated carbocycles. The van der Waals surface area contributed by atoms with E-state index in [1.54, 1.807) is 0 Å². The van der Waals surface area contributed by atoms with Crippen LogP contribution in [-0.4, -0.2) is 36.3 Å². The predicted octanol–water partition coefficient (Wildman–Crippen LogP) is 0.603. The van der Waals surface area contributed by atoms with Gasteiger partial charge in [-0.2, -0.15) is 24.7 Å². The normalized spacial score (nSPS) is 15.2. The fourth-order valence-corrected chi connectivity index (χ4v) is 1.94. The van der Waals surface area contributed by atoms with Gasteiger partial charge in [-0.3, -0.25) is 0 Å². The molecule has 2 aromatic rings. The molecule has 2 heterocycles. The quantitative estimate of drug-likeness (QED) is 0.840. The van der Waals surface area contributed by atoms with Gasteiger partial charge in [-0.15, -0.1) is 0 Å². The SMILES string of the molecule is Nc1nc(OCCC2CCC2)nc(-n2cncn2)n1. The Morgan fingerprint density at radius 1 is 1.32 bits per heavy atom. The first-order chi connectivity index (χ1) is 9.31. The Labute approximate surface area is 110 Å². The molecule has 2 N–H and O–H groups in total. The largest absolute Gasteiger partial charge is 0.463 e. The van der Waals surface area contributed by atoms with Gasteiger partial charge in [0.2, 0.25) is 5.95 Å². The van der Waals surface area contributed by atoms with E-state index in [0.29, 0.717) is 12.6 Å². The summed E-state index contributed by atoms with van der Waals surface area (Å²) in [4.78, 5) is 15.9. The molecule has 1 fully saturated rings. The van der Waals surface area contributed by atoms with E-state index in [2.05, 4.69) is 25.0 Å². The highest BCUT2D eigenvalue weighted by atomic mass is 16.5. The molecule has 0 unspecified atom stereocenters. The first kappa shape index (κ1) is 11.8. The van der Waals surface area contributed by atoms with E-state index in [-0.39, 0.29) is 12.0 Å². The van der Waals surface area contributed by atoms with Crippen molar-refractivity contribution >= 4 is 5.95 Å². The summed E-state index contributed by atoms with van der Waals surface area (Å²) < 4.78 is 6.94. The minimum Gasteiger partial charge on any atom is -0.463 e. The molecule has 1 aliphatic carbocycles. The van der Waals surface area contributed by atoms with E-state index in [9.17, 15) is 0 Å². The average Bonchev–Trinajstić information content (AvgIpc) is 2.85. The van der Waals surface area contributed by atoms with Crippen LogP contribution in [0, 0.1) is 5.92 Å². The second-order valence-corrected chi connectivity index (χ2v) is 4.55. The summed E-state index contributed by atoms with van der Waals surface area (Å²) in [5.41, 5.74) is 5.63. The Hall–Kier alpha value is -2.25. The van der Waals surface area contributed by atoms with Crippen LogP contribution < -0.4 is 10.5 Å². The number of anilines is 1. The number of ether oxygens (including phenoxy) is 1. The zero-order valence-electron chi connectivity index (χ0n) is 10.4. The summed E-state index contributed by atoms with van der Waals surface area (Å²) in [5.74, 6) is 1.21. The first-order valence-corrected chi connectivity index (χ1v) is 6.30. The molecule has 0 atom stereocenters. The van der Waals surface area contributed by atoms with Crippen LogP contribution in [0.5, 0.6) is 6.01 Å². The fourth-order valence-electron chi connectivity index (χ4n) is 1.94. The lowest BCUT2D eigenvalue weighted by Crippen LogP contribution is -2.16. The van der Waals surface area contributed by atoms with Crippen LogP contribution in [0.2, 0.25) is 0 Å². The third-order valence-corrected chi connectivity index (χ3v) is 3.23. The van der Waals surface area contributed by atoms with Gasteiger partial charge < -0.3 is 10.5 Å². The van der Waals surface area contributed by atoms with Gasteiger partial charge >= 0.3 is 6.01 Å². The van der Waals surface area contributed by atoms with Crippen LogP contribution in [0.15, 0.2) is 12.7 Å². The molecule has 0 aromatic carbocycles. The van der Waals surface area contributed by atoms with Crippen molar-refractivity contribution in [1.82, 2.24) is 29.7 Å². The molecule has 8 nitrogen and oxygen atoms in total. The summed E-state index contributed by atoms with van der Waals surface area (Å²) in [7, 11) is 0. The second-order valence-electron chi connectivity index (χ2n) is 4.55. The minimum absolute atomic E-state index is 0.110. The maximum atomic E-state index is 5.63. The van der Waals surface area contributed by atoms with Crippen LogP contribution in [-0.2, 0) is 0 Å². The zero-order valence-corrected chi connectivity index (χ0v) is 10.4. The molecule has 8 heteroatoms. The highest BCUT2D eigenvalue weighted by Gasteiger charge is 2.17. The molecule has 19 heavy (non-hydrogen) atoms. The Bertz CT molecular complexity index is 538. The second kappa shape index (κ2) is 5.17. The van der Waals surface area contributed by atoms with Crippen LogP contribution in [0.1, 0.15) is 25.7 Å². The number of nitrogens with zero attached hydrogens (tertiary/aromatic N) is 6. The molecule has 0 aliphatic heterocycles. The van der Waals surface area contributed by atoms with Crippen molar-refractivity contribution in [3.05, 3.63) is 12.7 Å². The number of rotatable bonds is 5. The van der Waals surface area contributed by atoms with Crippen molar-refractivity contribution in [1.29, 1.82) is 0 Å². The predicted molar refractivity (Wildman–Crippen MR) is 66.6 cm³/mol. The smallest absolute Gasteiger partial charge is 0.323 e. The van der Waals surface area contributed by atoms with E-state index in [0.717, 1.165) is 12.3 Å². The zero-order chi connectivity index (χ0) is 13.1. The summed E-state index contributed by atoms with van der Waals surface area (Å²) >= 11 is 0. The molecule has 0 spiro atoms. The first-order valence-electron chi connectivity index (χ1n) is 6.30. The van der Waals surface area contributed by atoms with Crippen molar-refractivity contribution in [3.8, 4) is 12.0 Å². The topological polar surface area (TPSA) is 105 Å². The number of aromatic nitrogens is 6. The van der Waals surface area contributed by atoms with Gasteiger partial charge in [-0.25, -0.2) is 4.98 Å². The summed E-state index contributed by atoms with van der Waals surface area (Å²) in [6, 6.07) is 0.234. The molecule has 0 amide bonds. The van der Waals surface area contributed by atoms with Crippen LogP contribution in [0.3, 0.4) is 0 Å². The summed E-state index contributed by atoms with van der Waals surface area (Å²) in [6.07, 6.45) is 7.86. The Balaban J connectivity index is 1.67. The third-order valence-electron chi connectivity index (χ3n) is 3.23. The average molecular weight is 261 g/mol. The van der Waals surface area contributed by atoms with Crippen LogP contribution >= 0.6 is 0 Å². The van der Waals surface area contributed by atoms with Crippen molar-refractivity contribution in [2.45, 2.75) is 25.7 Å².